The molecule has 0 unspecified atom stereocenters. The van der Waals surface area contributed by atoms with Gasteiger partial charge in [-0.05, 0) is 26.0 Å². The second-order valence-corrected chi connectivity index (χ2v) is 6.19. The van der Waals surface area contributed by atoms with Gasteiger partial charge in [0.05, 0.1) is 17.3 Å². The van der Waals surface area contributed by atoms with Gasteiger partial charge in [0, 0.05) is 28.7 Å². The van der Waals surface area contributed by atoms with Crippen LogP contribution in [0, 0.1) is 6.92 Å². The SMILES string of the molecule is Cc1cc(COc2cc3[nH]c(CNC(=O)[C@H](C)O)cc3cc2Cl)on1. The van der Waals surface area contributed by atoms with Crippen LogP contribution in [0.2, 0.25) is 5.02 Å². The van der Waals surface area contributed by atoms with Crippen molar-refractivity contribution in [1.82, 2.24) is 15.5 Å². The van der Waals surface area contributed by atoms with Gasteiger partial charge in [-0.3, -0.25) is 4.79 Å². The van der Waals surface area contributed by atoms with Gasteiger partial charge in [-0.1, -0.05) is 16.8 Å². The van der Waals surface area contributed by atoms with Crippen LogP contribution >= 0.6 is 11.6 Å². The van der Waals surface area contributed by atoms with E-state index in [1.54, 1.807) is 18.2 Å². The summed E-state index contributed by atoms with van der Waals surface area (Å²) in [5.74, 6) is 0.703. The molecule has 8 heteroatoms. The number of hydrogen-bond acceptors (Lipinski definition) is 5. The molecule has 25 heavy (non-hydrogen) atoms. The molecule has 0 bridgehead atoms. The lowest BCUT2D eigenvalue weighted by molar-refractivity contribution is -0.128. The molecule has 132 valence electrons. The number of nitrogens with one attached hydrogen (secondary N) is 2. The number of hydrogen-bond donors (Lipinski definition) is 3. The van der Waals surface area contributed by atoms with Gasteiger partial charge in [-0.25, -0.2) is 0 Å². The highest BCUT2D eigenvalue weighted by Crippen LogP contribution is 2.31. The maximum absolute atomic E-state index is 11.4. The number of aliphatic hydroxyl groups is 1. The number of aromatic nitrogens is 2. The van der Waals surface area contributed by atoms with Crippen LogP contribution in [-0.2, 0) is 17.9 Å². The van der Waals surface area contributed by atoms with Crippen LogP contribution in [0.5, 0.6) is 5.75 Å². The summed E-state index contributed by atoms with van der Waals surface area (Å²) in [4.78, 5) is 14.6. The Balaban J connectivity index is 1.72. The Labute approximate surface area is 148 Å². The second kappa shape index (κ2) is 7.16. The minimum atomic E-state index is -1.04. The molecule has 2 heterocycles. The lowest BCUT2D eigenvalue weighted by Crippen LogP contribution is -2.32. The van der Waals surface area contributed by atoms with E-state index < -0.39 is 12.0 Å². The van der Waals surface area contributed by atoms with E-state index in [4.69, 9.17) is 20.9 Å². The number of ether oxygens (including phenoxy) is 1. The highest BCUT2D eigenvalue weighted by atomic mass is 35.5. The van der Waals surface area contributed by atoms with Crippen LogP contribution < -0.4 is 10.1 Å². The first kappa shape index (κ1) is 17.3. The van der Waals surface area contributed by atoms with Crippen molar-refractivity contribution in [2.45, 2.75) is 33.1 Å². The third-order valence-electron chi connectivity index (χ3n) is 3.61. The smallest absolute Gasteiger partial charge is 0.248 e. The molecular weight excluding hydrogens is 346 g/mol. The molecule has 0 saturated carbocycles. The molecule has 0 radical (unpaired) electrons. The van der Waals surface area contributed by atoms with Crippen molar-refractivity contribution in [3.8, 4) is 5.75 Å². The largest absolute Gasteiger partial charge is 0.484 e. The number of nitrogens with zero attached hydrogens (tertiary/aromatic N) is 1. The van der Waals surface area contributed by atoms with Gasteiger partial charge < -0.3 is 24.7 Å². The molecule has 3 rings (SSSR count). The fourth-order valence-corrected chi connectivity index (χ4v) is 2.59. The Morgan fingerprint density at radius 3 is 2.92 bits per heavy atom. The van der Waals surface area contributed by atoms with Gasteiger partial charge in [0.2, 0.25) is 5.91 Å². The Morgan fingerprint density at radius 2 is 2.24 bits per heavy atom. The molecule has 0 aliphatic heterocycles. The Hall–Kier alpha value is -2.51. The molecule has 0 saturated heterocycles. The van der Waals surface area contributed by atoms with Crippen molar-refractivity contribution in [2.24, 2.45) is 0 Å². The molecule has 0 spiro atoms. The molecule has 0 fully saturated rings. The number of carbonyl (C=O) groups is 1. The topological polar surface area (TPSA) is 100 Å². The van der Waals surface area contributed by atoms with E-state index in [2.05, 4.69) is 15.5 Å². The Kier molecular flexibility index (Phi) is 4.96. The number of H-pyrrole nitrogens is 1. The lowest BCUT2D eigenvalue weighted by atomic mass is 10.2. The monoisotopic (exact) mass is 363 g/mol. The number of halogens is 1. The van der Waals surface area contributed by atoms with Gasteiger partial charge in [0.15, 0.2) is 5.76 Å². The second-order valence-electron chi connectivity index (χ2n) is 5.78. The standard InChI is InChI=1S/C17H18ClN3O4/c1-9-3-13(25-21-9)8-24-16-6-15-11(5-14(16)18)4-12(20-15)7-19-17(23)10(2)22/h3-6,10,20,22H,7-8H2,1-2H3,(H,19,23)/t10-/m0/s1. The molecule has 2 aromatic heterocycles. The van der Waals surface area contributed by atoms with E-state index in [-0.39, 0.29) is 13.2 Å². The summed E-state index contributed by atoms with van der Waals surface area (Å²) in [6.45, 7) is 3.76. The number of benzene rings is 1. The number of carbonyl (C=O) groups excluding carboxylic acids is 1. The molecule has 3 N–H and O–H groups in total. The average Bonchev–Trinajstić information content (AvgIpc) is 3.15. The fraction of sp³-hybridized carbons (Fsp3) is 0.294. The van der Waals surface area contributed by atoms with Gasteiger partial charge in [-0.2, -0.15) is 0 Å². The van der Waals surface area contributed by atoms with Crippen LogP contribution in [0.1, 0.15) is 24.1 Å². The van der Waals surface area contributed by atoms with Gasteiger partial charge in [-0.15, -0.1) is 0 Å². The van der Waals surface area contributed by atoms with Crippen LogP contribution in [0.3, 0.4) is 0 Å². The van der Waals surface area contributed by atoms with E-state index in [9.17, 15) is 9.90 Å². The minimum Gasteiger partial charge on any atom is -0.484 e. The summed E-state index contributed by atoms with van der Waals surface area (Å²) in [6, 6.07) is 7.26. The number of rotatable bonds is 6. The fourth-order valence-electron chi connectivity index (χ4n) is 2.36. The predicted octanol–water partition coefficient (Wildman–Crippen LogP) is 2.69. The van der Waals surface area contributed by atoms with Gasteiger partial charge >= 0.3 is 0 Å². The molecule has 1 atom stereocenters. The molecule has 7 nitrogen and oxygen atoms in total. The van der Waals surface area contributed by atoms with Crippen molar-refractivity contribution in [1.29, 1.82) is 0 Å². The number of amides is 1. The minimum absolute atomic E-state index is 0.226. The highest BCUT2D eigenvalue weighted by molar-refractivity contribution is 6.32. The summed E-state index contributed by atoms with van der Waals surface area (Å²) in [7, 11) is 0. The van der Waals surface area contributed by atoms with Crippen molar-refractivity contribution in [3.63, 3.8) is 0 Å². The first-order valence-electron chi connectivity index (χ1n) is 7.74. The molecular formula is C17H18ClN3O4. The summed E-state index contributed by atoms with van der Waals surface area (Å²) >= 11 is 6.27. The van der Waals surface area contributed by atoms with E-state index in [1.165, 1.54) is 6.92 Å². The van der Waals surface area contributed by atoms with Crippen LogP contribution in [0.15, 0.2) is 28.8 Å². The molecule has 1 amide bonds. The first-order chi connectivity index (χ1) is 11.9. The normalized spacial score (nSPS) is 12.3. The molecule has 0 aliphatic carbocycles. The average molecular weight is 364 g/mol. The number of aryl methyl sites for hydroxylation is 1. The van der Waals surface area contributed by atoms with Gasteiger partial charge in [0.1, 0.15) is 18.5 Å². The zero-order valence-corrected chi connectivity index (χ0v) is 14.6. The Morgan fingerprint density at radius 1 is 1.44 bits per heavy atom. The maximum atomic E-state index is 11.4. The molecule has 3 aromatic rings. The van der Waals surface area contributed by atoms with Crippen LogP contribution in [0.25, 0.3) is 10.9 Å². The van der Waals surface area contributed by atoms with E-state index in [0.717, 1.165) is 22.3 Å². The maximum Gasteiger partial charge on any atom is 0.248 e. The third kappa shape index (κ3) is 4.12. The van der Waals surface area contributed by atoms with Crippen molar-refractivity contribution in [2.75, 3.05) is 0 Å². The van der Waals surface area contributed by atoms with E-state index >= 15 is 0 Å². The third-order valence-corrected chi connectivity index (χ3v) is 3.90. The molecule has 1 aromatic carbocycles. The number of aliphatic hydroxyl groups excluding tert-OH is 1. The summed E-state index contributed by atoms with van der Waals surface area (Å²) in [5, 5.41) is 17.0. The zero-order valence-electron chi connectivity index (χ0n) is 13.8. The highest BCUT2D eigenvalue weighted by Gasteiger charge is 2.11. The van der Waals surface area contributed by atoms with Crippen molar-refractivity contribution >= 4 is 28.4 Å². The van der Waals surface area contributed by atoms with E-state index in [1.807, 2.05) is 13.0 Å². The number of aromatic amines is 1. The quantitative estimate of drug-likeness (QED) is 0.625. The number of fused-ring (bicyclic) bond motifs is 1. The van der Waals surface area contributed by atoms with Crippen LogP contribution in [-0.4, -0.2) is 27.3 Å². The van der Waals surface area contributed by atoms with E-state index in [0.29, 0.717) is 16.5 Å². The lowest BCUT2D eigenvalue weighted by Gasteiger charge is -2.06. The molecule has 0 aliphatic rings. The summed E-state index contributed by atoms with van der Waals surface area (Å²) in [6.07, 6.45) is -1.04. The first-order valence-corrected chi connectivity index (χ1v) is 8.12. The zero-order chi connectivity index (χ0) is 18.0. The van der Waals surface area contributed by atoms with Gasteiger partial charge in [0.25, 0.3) is 0 Å². The van der Waals surface area contributed by atoms with Crippen LogP contribution in [0.4, 0.5) is 0 Å². The van der Waals surface area contributed by atoms with Crippen molar-refractivity contribution < 1.29 is 19.2 Å². The predicted molar refractivity (Wildman–Crippen MR) is 92.4 cm³/mol. The summed E-state index contributed by atoms with van der Waals surface area (Å²) in [5.41, 5.74) is 2.41. The summed E-state index contributed by atoms with van der Waals surface area (Å²) < 4.78 is 10.8. The van der Waals surface area contributed by atoms with Crippen molar-refractivity contribution in [3.05, 3.63) is 46.4 Å². The Bertz CT molecular complexity index is 901.